The van der Waals surface area contributed by atoms with Crippen molar-refractivity contribution in [3.05, 3.63) is 49.4 Å². The number of nitrogens with one attached hydrogen (secondary N) is 2. The van der Waals surface area contributed by atoms with E-state index in [0.29, 0.717) is 30.9 Å². The molecule has 1 aromatic heterocycles. The third-order valence-corrected chi connectivity index (χ3v) is 6.68. The lowest BCUT2D eigenvalue weighted by Crippen LogP contribution is -2.38. The molecule has 2 aromatic rings. The largest absolute Gasteiger partial charge is 0.496 e. The fourth-order valence-corrected chi connectivity index (χ4v) is 4.73. The number of pyridine rings is 1. The maximum Gasteiger partial charge on any atom is 0.256 e. The second-order valence-corrected chi connectivity index (χ2v) is 9.02. The molecule has 2 N–H and O–H groups in total. The number of benzene rings is 1. The molecule has 33 heavy (non-hydrogen) atoms. The number of hydrogen-bond acceptors (Lipinski definition) is 6. The number of ketones is 1. The van der Waals surface area contributed by atoms with E-state index < -0.39 is 5.91 Å². The van der Waals surface area contributed by atoms with Crippen molar-refractivity contribution in [2.24, 2.45) is 5.92 Å². The average molecular weight is 495 g/mol. The van der Waals surface area contributed by atoms with Gasteiger partial charge in [-0.25, -0.2) is 0 Å². The molecule has 0 saturated heterocycles. The van der Waals surface area contributed by atoms with Crippen LogP contribution in [0.2, 0.25) is 10.0 Å². The van der Waals surface area contributed by atoms with E-state index in [4.69, 9.17) is 37.4 Å². The van der Waals surface area contributed by atoms with E-state index in [1.807, 2.05) is 0 Å². The molecule has 0 radical (unpaired) electrons. The maximum atomic E-state index is 12.9. The van der Waals surface area contributed by atoms with E-state index in [2.05, 4.69) is 10.3 Å². The zero-order valence-electron chi connectivity index (χ0n) is 18.3. The molecule has 176 valence electrons. The van der Waals surface area contributed by atoms with E-state index in [1.165, 1.54) is 13.2 Å². The molecule has 1 atom stereocenters. The Labute approximate surface area is 200 Å². The monoisotopic (exact) mass is 494 g/mol. The third kappa shape index (κ3) is 4.82. The summed E-state index contributed by atoms with van der Waals surface area (Å²) in [4.78, 5) is 39.5. The summed E-state index contributed by atoms with van der Waals surface area (Å²) in [5, 5.41) is 2.96. The lowest BCUT2D eigenvalue weighted by atomic mass is 9.84. The zero-order chi connectivity index (χ0) is 23.7. The first-order valence-electron chi connectivity index (χ1n) is 10.7. The molecular formula is C23H24Cl2N2O6. The first-order chi connectivity index (χ1) is 15.8. The lowest BCUT2D eigenvalue weighted by Gasteiger charge is -2.34. The standard InChI is InChI=1S/C23H24Cl2N2O6/c1-11-7-17(31-2)15(23(30)27-11)9-26-22(29)14-8-16(24)20-21(19(14)25)33-18(10-32-20)12-3-5-13(28)6-4-12/h7-8,12,18H,3-6,9-10H2,1-2H3,(H,26,29)(H,27,30)/t18-/m1/s1. The molecule has 0 spiro atoms. The molecule has 1 aliphatic carbocycles. The van der Waals surface area contributed by atoms with Gasteiger partial charge < -0.3 is 24.5 Å². The van der Waals surface area contributed by atoms with Gasteiger partial charge in [-0.05, 0) is 31.9 Å². The highest BCUT2D eigenvalue weighted by atomic mass is 35.5. The van der Waals surface area contributed by atoms with Crippen molar-refractivity contribution in [3.63, 3.8) is 0 Å². The number of fused-ring (bicyclic) bond motifs is 1. The first kappa shape index (κ1) is 23.4. The van der Waals surface area contributed by atoms with Crippen LogP contribution in [-0.4, -0.2) is 36.5 Å². The highest BCUT2D eigenvalue weighted by Crippen LogP contribution is 2.47. The van der Waals surface area contributed by atoms with Gasteiger partial charge in [0.25, 0.3) is 11.5 Å². The number of amides is 1. The Kier molecular flexibility index (Phi) is 6.86. The number of carbonyl (C=O) groups excluding carboxylic acids is 2. The van der Waals surface area contributed by atoms with Crippen LogP contribution in [0.1, 0.15) is 47.3 Å². The fraction of sp³-hybridized carbons (Fsp3) is 0.435. The number of hydrogen-bond donors (Lipinski definition) is 2. The van der Waals surface area contributed by atoms with Crippen LogP contribution in [0, 0.1) is 12.8 Å². The van der Waals surface area contributed by atoms with Crippen LogP contribution in [0.3, 0.4) is 0 Å². The van der Waals surface area contributed by atoms with E-state index in [-0.39, 0.29) is 62.6 Å². The number of ether oxygens (including phenoxy) is 3. The van der Waals surface area contributed by atoms with E-state index in [1.54, 1.807) is 13.0 Å². The smallest absolute Gasteiger partial charge is 0.256 e. The van der Waals surface area contributed by atoms with Crippen molar-refractivity contribution in [2.45, 2.75) is 45.3 Å². The van der Waals surface area contributed by atoms with Gasteiger partial charge in [-0.3, -0.25) is 14.4 Å². The van der Waals surface area contributed by atoms with Crippen LogP contribution in [0.5, 0.6) is 17.2 Å². The average Bonchev–Trinajstić information content (AvgIpc) is 2.80. The van der Waals surface area contributed by atoms with Crippen molar-refractivity contribution in [2.75, 3.05) is 13.7 Å². The van der Waals surface area contributed by atoms with E-state index in [9.17, 15) is 14.4 Å². The van der Waals surface area contributed by atoms with Gasteiger partial charge in [-0.1, -0.05) is 23.2 Å². The molecule has 1 saturated carbocycles. The summed E-state index contributed by atoms with van der Waals surface area (Å²) in [6.45, 7) is 1.96. The quantitative estimate of drug-likeness (QED) is 0.653. The summed E-state index contributed by atoms with van der Waals surface area (Å²) < 4.78 is 17.2. The van der Waals surface area contributed by atoms with Crippen molar-refractivity contribution in [3.8, 4) is 17.2 Å². The number of halogens is 2. The number of carbonyl (C=O) groups is 2. The van der Waals surface area contributed by atoms with Gasteiger partial charge >= 0.3 is 0 Å². The van der Waals surface area contributed by atoms with Crippen molar-refractivity contribution in [1.29, 1.82) is 0 Å². The number of methoxy groups -OCH3 is 1. The third-order valence-electron chi connectivity index (χ3n) is 6.02. The number of rotatable bonds is 5. The SMILES string of the molecule is COc1cc(C)[nH]c(=O)c1CNC(=O)c1cc(Cl)c2c(c1Cl)O[C@@H](C1CCC(=O)CC1)CO2. The maximum absolute atomic E-state index is 12.9. The summed E-state index contributed by atoms with van der Waals surface area (Å²) in [5.41, 5.74) is 0.673. The summed E-state index contributed by atoms with van der Waals surface area (Å²) in [6, 6.07) is 3.09. The Hall–Kier alpha value is -2.71. The topological polar surface area (TPSA) is 107 Å². The van der Waals surface area contributed by atoms with Crippen molar-refractivity contribution in [1.82, 2.24) is 10.3 Å². The summed E-state index contributed by atoms with van der Waals surface area (Å²) >= 11 is 12.9. The second kappa shape index (κ2) is 9.65. The Balaban J connectivity index is 1.54. The molecule has 1 aliphatic heterocycles. The highest BCUT2D eigenvalue weighted by Gasteiger charge is 2.35. The summed E-state index contributed by atoms with van der Waals surface area (Å²) in [6.07, 6.45) is 2.21. The molecule has 1 fully saturated rings. The summed E-state index contributed by atoms with van der Waals surface area (Å²) in [7, 11) is 1.45. The Morgan fingerprint density at radius 1 is 1.21 bits per heavy atom. The van der Waals surface area contributed by atoms with Gasteiger partial charge in [0.2, 0.25) is 0 Å². The summed E-state index contributed by atoms with van der Waals surface area (Å²) in [5.74, 6) is 0.764. The lowest BCUT2D eigenvalue weighted by molar-refractivity contribution is -0.121. The molecule has 4 rings (SSSR count). The molecule has 10 heteroatoms. The first-order valence-corrected chi connectivity index (χ1v) is 11.4. The zero-order valence-corrected chi connectivity index (χ0v) is 19.8. The molecule has 1 aromatic carbocycles. The molecule has 1 amide bonds. The number of aromatic nitrogens is 1. The van der Waals surface area contributed by atoms with Crippen LogP contribution in [-0.2, 0) is 11.3 Å². The van der Waals surface area contributed by atoms with Crippen LogP contribution in [0.15, 0.2) is 16.9 Å². The number of H-pyrrole nitrogens is 1. The fourth-order valence-electron chi connectivity index (χ4n) is 4.21. The normalized spacial score (nSPS) is 18.2. The minimum absolute atomic E-state index is 0.0707. The van der Waals surface area contributed by atoms with Gasteiger partial charge in [0.1, 0.15) is 24.2 Å². The Morgan fingerprint density at radius 3 is 2.64 bits per heavy atom. The Morgan fingerprint density at radius 2 is 1.94 bits per heavy atom. The van der Waals surface area contributed by atoms with Gasteiger partial charge in [0.05, 0.1) is 34.8 Å². The molecule has 2 heterocycles. The molecule has 0 unspecified atom stereocenters. The second-order valence-electron chi connectivity index (χ2n) is 8.23. The van der Waals surface area contributed by atoms with Gasteiger partial charge in [0, 0.05) is 24.5 Å². The van der Waals surface area contributed by atoms with Gasteiger partial charge in [0.15, 0.2) is 11.5 Å². The van der Waals surface area contributed by atoms with E-state index >= 15 is 0 Å². The van der Waals surface area contributed by atoms with Gasteiger partial charge in [-0.2, -0.15) is 0 Å². The molecule has 8 nitrogen and oxygen atoms in total. The van der Waals surface area contributed by atoms with Crippen LogP contribution in [0.4, 0.5) is 0 Å². The predicted molar refractivity (Wildman–Crippen MR) is 123 cm³/mol. The van der Waals surface area contributed by atoms with E-state index in [0.717, 1.165) is 12.8 Å². The molecule has 0 bridgehead atoms. The minimum Gasteiger partial charge on any atom is -0.496 e. The number of aromatic amines is 1. The van der Waals surface area contributed by atoms with Crippen LogP contribution >= 0.6 is 23.2 Å². The van der Waals surface area contributed by atoms with Crippen molar-refractivity contribution < 1.29 is 23.8 Å². The van der Waals surface area contributed by atoms with Gasteiger partial charge in [-0.15, -0.1) is 0 Å². The molecular weight excluding hydrogens is 471 g/mol. The minimum atomic E-state index is -0.527. The van der Waals surface area contributed by atoms with Crippen LogP contribution < -0.4 is 25.1 Å². The highest BCUT2D eigenvalue weighted by molar-refractivity contribution is 6.38. The van der Waals surface area contributed by atoms with Crippen LogP contribution in [0.25, 0.3) is 0 Å². The van der Waals surface area contributed by atoms with Crippen molar-refractivity contribution >= 4 is 34.9 Å². The predicted octanol–water partition coefficient (Wildman–Crippen LogP) is 3.83. The number of Topliss-reactive ketones (excluding diaryl/α,β-unsaturated/α-hetero) is 1. The Bertz CT molecular complexity index is 1150. The number of aryl methyl sites for hydroxylation is 1. The molecule has 2 aliphatic rings.